The molecule has 0 aromatic carbocycles. The number of carbonyl (C=O) groups excluding carboxylic acids is 2. The van der Waals surface area contributed by atoms with Gasteiger partial charge in [-0.05, 0) is 55.7 Å². The first-order chi connectivity index (χ1) is 16.0. The van der Waals surface area contributed by atoms with Gasteiger partial charge in [-0.2, -0.15) is 5.26 Å². The van der Waals surface area contributed by atoms with Gasteiger partial charge in [-0.1, -0.05) is 12.8 Å². The minimum Gasteiger partial charge on any atom is -0.358 e. The number of nitrogens with zero attached hydrogens (tertiary/aromatic N) is 4. The van der Waals surface area contributed by atoms with Crippen LogP contribution in [0, 0.1) is 22.7 Å². The van der Waals surface area contributed by atoms with Gasteiger partial charge in [0.1, 0.15) is 11.2 Å². The highest BCUT2D eigenvalue weighted by atomic mass is 16.2. The van der Waals surface area contributed by atoms with E-state index in [0.29, 0.717) is 18.8 Å². The van der Waals surface area contributed by atoms with Gasteiger partial charge in [-0.25, -0.2) is 4.98 Å². The molecule has 2 aromatic rings. The number of aromatic nitrogens is 2. The zero-order valence-electron chi connectivity index (χ0n) is 18.8. The molecule has 2 saturated carbocycles. The molecule has 170 valence electrons. The van der Waals surface area contributed by atoms with Crippen LogP contribution in [0.25, 0.3) is 0 Å². The highest BCUT2D eigenvalue weighted by molar-refractivity contribution is 6.02. The molecule has 2 aliphatic carbocycles. The number of nitriles is 1. The summed E-state index contributed by atoms with van der Waals surface area (Å²) in [7, 11) is 1.68. The normalized spacial score (nSPS) is 23.9. The zero-order valence-corrected chi connectivity index (χ0v) is 18.8. The van der Waals surface area contributed by atoms with Gasteiger partial charge in [0.15, 0.2) is 0 Å². The van der Waals surface area contributed by atoms with Crippen molar-refractivity contribution in [3.05, 3.63) is 42.4 Å². The molecule has 2 N–H and O–H groups in total. The Hall–Kier alpha value is -3.47. The van der Waals surface area contributed by atoms with E-state index in [0.717, 1.165) is 55.5 Å². The van der Waals surface area contributed by atoms with Crippen LogP contribution in [0.3, 0.4) is 0 Å². The van der Waals surface area contributed by atoms with Gasteiger partial charge in [0, 0.05) is 37.7 Å². The fraction of sp³-hybridized carbons (Fsp3) is 0.480. The molecule has 0 radical (unpaired) electrons. The van der Waals surface area contributed by atoms with Crippen LogP contribution in [-0.2, 0) is 15.0 Å². The SMILES string of the molecule is CNC(=O)C1(c2cncc(Nc3cc(N4CC[C@@](C#N)(C5CC5)C4=O)ccn3)c2)CCCC1. The monoisotopic (exact) mass is 444 g/mol. The molecular weight excluding hydrogens is 416 g/mol. The Balaban J connectivity index is 1.38. The number of hydrogen-bond donors (Lipinski definition) is 2. The number of hydrogen-bond acceptors (Lipinski definition) is 6. The summed E-state index contributed by atoms with van der Waals surface area (Å²) in [5.41, 5.74) is 0.963. The Kier molecular flexibility index (Phi) is 5.28. The van der Waals surface area contributed by atoms with E-state index < -0.39 is 10.8 Å². The molecule has 3 fully saturated rings. The summed E-state index contributed by atoms with van der Waals surface area (Å²) < 4.78 is 0. The van der Waals surface area contributed by atoms with Crippen LogP contribution < -0.4 is 15.5 Å². The number of rotatable bonds is 6. The third-order valence-electron chi connectivity index (χ3n) is 7.57. The van der Waals surface area contributed by atoms with Gasteiger partial charge in [-0.15, -0.1) is 0 Å². The van der Waals surface area contributed by atoms with Gasteiger partial charge in [0.05, 0.1) is 23.4 Å². The number of likely N-dealkylation sites (N-methyl/N-ethyl adjacent to an activating group) is 1. The van der Waals surface area contributed by atoms with Crippen molar-refractivity contribution in [1.29, 1.82) is 5.26 Å². The maximum Gasteiger partial charge on any atom is 0.247 e. The second-order valence-electron chi connectivity index (χ2n) is 9.42. The highest BCUT2D eigenvalue weighted by Crippen LogP contribution is 2.52. The Labute approximate surface area is 193 Å². The fourth-order valence-corrected chi connectivity index (χ4v) is 5.57. The summed E-state index contributed by atoms with van der Waals surface area (Å²) in [5.74, 6) is 0.711. The van der Waals surface area contributed by atoms with Crippen molar-refractivity contribution < 1.29 is 9.59 Å². The van der Waals surface area contributed by atoms with Gasteiger partial charge >= 0.3 is 0 Å². The Morgan fingerprint density at radius 3 is 2.70 bits per heavy atom. The van der Waals surface area contributed by atoms with Crippen molar-refractivity contribution in [3.8, 4) is 6.07 Å². The van der Waals surface area contributed by atoms with Crippen LogP contribution in [0.15, 0.2) is 36.8 Å². The van der Waals surface area contributed by atoms with E-state index in [4.69, 9.17) is 0 Å². The Morgan fingerprint density at radius 1 is 1.21 bits per heavy atom. The molecule has 1 saturated heterocycles. The average Bonchev–Trinajstić information content (AvgIpc) is 3.47. The molecule has 3 aliphatic rings. The molecule has 8 nitrogen and oxygen atoms in total. The van der Waals surface area contributed by atoms with E-state index in [9.17, 15) is 14.9 Å². The number of carbonyl (C=O) groups is 2. The third kappa shape index (κ3) is 3.52. The first kappa shape index (κ1) is 21.4. The van der Waals surface area contributed by atoms with Crippen LogP contribution in [0.2, 0.25) is 0 Å². The fourth-order valence-electron chi connectivity index (χ4n) is 5.57. The quantitative estimate of drug-likeness (QED) is 0.706. The minimum atomic E-state index is -0.870. The average molecular weight is 445 g/mol. The molecule has 5 rings (SSSR count). The molecule has 2 amide bonds. The largest absolute Gasteiger partial charge is 0.358 e. The van der Waals surface area contributed by atoms with Gasteiger partial charge in [0.2, 0.25) is 11.8 Å². The van der Waals surface area contributed by atoms with Crippen molar-refractivity contribution in [2.24, 2.45) is 11.3 Å². The van der Waals surface area contributed by atoms with Crippen LogP contribution in [0.4, 0.5) is 17.2 Å². The maximum atomic E-state index is 13.1. The summed E-state index contributed by atoms with van der Waals surface area (Å²) in [5, 5.41) is 15.9. The molecule has 1 aliphatic heterocycles. The smallest absolute Gasteiger partial charge is 0.247 e. The molecule has 33 heavy (non-hydrogen) atoms. The van der Waals surface area contributed by atoms with E-state index in [1.807, 2.05) is 12.1 Å². The van der Waals surface area contributed by atoms with Crippen molar-refractivity contribution in [3.63, 3.8) is 0 Å². The van der Waals surface area contributed by atoms with Crippen LogP contribution in [0.5, 0.6) is 0 Å². The minimum absolute atomic E-state index is 0.0308. The first-order valence-corrected chi connectivity index (χ1v) is 11.7. The van der Waals surface area contributed by atoms with E-state index >= 15 is 0 Å². The first-order valence-electron chi connectivity index (χ1n) is 11.7. The lowest BCUT2D eigenvalue weighted by atomic mass is 9.78. The van der Waals surface area contributed by atoms with Crippen molar-refractivity contribution >= 4 is 29.0 Å². The lowest BCUT2D eigenvalue weighted by Gasteiger charge is -2.27. The van der Waals surface area contributed by atoms with E-state index in [2.05, 4.69) is 26.7 Å². The van der Waals surface area contributed by atoms with Gasteiger partial charge in [-0.3, -0.25) is 14.6 Å². The predicted octanol–water partition coefficient (Wildman–Crippen LogP) is 3.43. The summed E-state index contributed by atoms with van der Waals surface area (Å²) in [6.45, 7) is 0.540. The van der Waals surface area contributed by atoms with Gasteiger partial charge in [0.25, 0.3) is 0 Å². The lowest BCUT2D eigenvalue weighted by molar-refractivity contribution is -0.126. The summed E-state index contributed by atoms with van der Waals surface area (Å²) in [6, 6.07) is 7.93. The molecule has 1 atom stereocenters. The molecular formula is C25H28N6O2. The summed E-state index contributed by atoms with van der Waals surface area (Å²) >= 11 is 0. The molecule has 8 heteroatoms. The van der Waals surface area contributed by atoms with E-state index in [1.54, 1.807) is 36.6 Å². The van der Waals surface area contributed by atoms with Crippen molar-refractivity contribution in [2.75, 3.05) is 23.8 Å². The standard InChI is InChI=1S/C25H28N6O2/c1-27-22(32)24(7-2-3-8-24)18-12-19(15-28-14-18)30-21-13-20(6-10-29-21)31-11-9-25(16-26,23(31)33)17-4-5-17/h6,10,12-15,17H,2-5,7-9,11H2,1H3,(H,27,32)(H,29,30)/t25-/m1/s1. The predicted molar refractivity (Wildman–Crippen MR) is 124 cm³/mol. The molecule has 0 spiro atoms. The molecule has 3 heterocycles. The molecule has 0 unspecified atom stereocenters. The number of amides is 2. The molecule has 0 bridgehead atoms. The lowest BCUT2D eigenvalue weighted by Crippen LogP contribution is -2.41. The van der Waals surface area contributed by atoms with Crippen molar-refractivity contribution in [2.45, 2.75) is 50.4 Å². The van der Waals surface area contributed by atoms with Crippen LogP contribution in [-0.4, -0.2) is 35.4 Å². The summed E-state index contributed by atoms with van der Waals surface area (Å²) in [4.78, 5) is 36.4. The topological polar surface area (TPSA) is 111 Å². The second kappa shape index (κ2) is 8.14. The van der Waals surface area contributed by atoms with E-state index in [-0.39, 0.29) is 17.7 Å². The maximum absolute atomic E-state index is 13.1. The van der Waals surface area contributed by atoms with E-state index in [1.165, 1.54) is 0 Å². The second-order valence-corrected chi connectivity index (χ2v) is 9.42. The van der Waals surface area contributed by atoms with Gasteiger partial charge < -0.3 is 15.5 Å². The van der Waals surface area contributed by atoms with Crippen LogP contribution in [0.1, 0.15) is 50.5 Å². The zero-order chi connectivity index (χ0) is 23.1. The molecule has 2 aromatic heterocycles. The third-order valence-corrected chi connectivity index (χ3v) is 7.57. The highest BCUT2D eigenvalue weighted by Gasteiger charge is 2.56. The number of nitrogens with one attached hydrogen (secondary N) is 2. The van der Waals surface area contributed by atoms with Crippen molar-refractivity contribution in [1.82, 2.24) is 15.3 Å². The number of anilines is 3. The Morgan fingerprint density at radius 2 is 2.00 bits per heavy atom. The Bertz CT molecular complexity index is 1130. The number of pyridine rings is 2. The summed E-state index contributed by atoms with van der Waals surface area (Å²) in [6.07, 6.45) is 11.3. The van der Waals surface area contributed by atoms with Crippen LogP contribution >= 0.6 is 0 Å².